The number of hydrogen-bond donors (Lipinski definition) is 3. The lowest BCUT2D eigenvalue weighted by Crippen LogP contribution is -2.28. The van der Waals surface area contributed by atoms with Crippen molar-refractivity contribution >= 4 is 62.0 Å². The van der Waals surface area contributed by atoms with Crippen LogP contribution in [0, 0.1) is 26.7 Å². The Labute approximate surface area is 388 Å². The first-order valence-electron chi connectivity index (χ1n) is 23.7. The summed E-state index contributed by atoms with van der Waals surface area (Å²) in [7, 11) is 0. The summed E-state index contributed by atoms with van der Waals surface area (Å²) in [5.41, 5.74) is 19.2. The molecule has 0 atom stereocenters. The van der Waals surface area contributed by atoms with Crippen LogP contribution in [0.25, 0.3) is 21.9 Å². The van der Waals surface area contributed by atoms with Crippen molar-refractivity contribution in [2.45, 2.75) is 79.6 Å². The van der Waals surface area contributed by atoms with Gasteiger partial charge in [-0.05, 0) is 104 Å². The van der Waals surface area contributed by atoms with E-state index in [-0.39, 0.29) is 0 Å². The molecule has 5 nitrogen and oxygen atoms in total. The zero-order valence-electron chi connectivity index (χ0n) is 38.9. The van der Waals surface area contributed by atoms with Crippen LogP contribution < -0.4 is 26.0 Å². The minimum Gasteiger partial charge on any atom is -0.383 e. The fraction of sp³-hybridized carbons (Fsp3) is 0.233. The Balaban J connectivity index is 1.42. The van der Waals surface area contributed by atoms with Crippen LogP contribution in [-0.4, -0.2) is 6.54 Å². The molecule has 0 fully saturated rings. The predicted octanol–water partition coefficient (Wildman–Crippen LogP) is 17.6. The highest BCUT2D eigenvalue weighted by molar-refractivity contribution is 6.10. The van der Waals surface area contributed by atoms with Gasteiger partial charge in [0.2, 0.25) is 0 Å². The van der Waals surface area contributed by atoms with Gasteiger partial charge in [0.05, 0.1) is 34.1 Å². The molecule has 8 rings (SSSR count). The van der Waals surface area contributed by atoms with Crippen molar-refractivity contribution in [1.29, 1.82) is 0 Å². The van der Waals surface area contributed by atoms with Crippen LogP contribution in [0.3, 0.4) is 0 Å². The summed E-state index contributed by atoms with van der Waals surface area (Å²) < 4.78 is 0. The fourth-order valence-electron chi connectivity index (χ4n) is 9.02. The molecule has 0 radical (unpaired) electrons. The topological polar surface area (TPSA) is 42.6 Å². The summed E-state index contributed by atoms with van der Waals surface area (Å²) in [6, 6.07) is 65.1. The van der Waals surface area contributed by atoms with Gasteiger partial charge in [0.1, 0.15) is 0 Å². The second kappa shape index (κ2) is 21.6. The molecule has 8 aromatic carbocycles. The highest BCUT2D eigenvalue weighted by Crippen LogP contribution is 2.56. The predicted molar refractivity (Wildman–Crippen MR) is 282 cm³/mol. The van der Waals surface area contributed by atoms with Gasteiger partial charge in [0, 0.05) is 40.1 Å². The Bertz CT molecular complexity index is 2710. The van der Waals surface area contributed by atoms with Gasteiger partial charge in [-0.25, -0.2) is 0 Å². The Morgan fingerprint density at radius 3 is 1.66 bits per heavy atom. The van der Waals surface area contributed by atoms with E-state index in [9.17, 15) is 0 Å². The number of hydrogen-bond acceptors (Lipinski definition) is 5. The van der Waals surface area contributed by atoms with Crippen LogP contribution in [0.5, 0.6) is 0 Å². The first kappa shape index (κ1) is 44.6. The molecule has 3 N–H and O–H groups in total. The third-order valence-corrected chi connectivity index (χ3v) is 12.6. The maximum Gasteiger partial charge on any atom is 0.0923 e. The number of fused-ring (bicyclic) bond motifs is 1. The molecular formula is C60H65N5. The maximum atomic E-state index is 4.18. The summed E-state index contributed by atoms with van der Waals surface area (Å²) in [5.74, 6) is 0.774. The SMILES string of the molecule is Cc1cccc(NN(c2ccccc2)c2c(C)c(NCCCCCCCCC(C)C)c(N(c3ccccc3)c3ccccc3)c(-c3ccccc3)c2Nc2cccc3ccccc23)c1C. The molecule has 0 saturated carbocycles. The number of unbranched alkanes of at least 4 members (excludes halogenated alkanes) is 5. The van der Waals surface area contributed by atoms with Crippen molar-refractivity contribution in [1.82, 2.24) is 0 Å². The highest BCUT2D eigenvalue weighted by atomic mass is 15.5. The molecule has 0 aliphatic heterocycles. The van der Waals surface area contributed by atoms with Crippen molar-refractivity contribution in [2.24, 2.45) is 5.92 Å². The van der Waals surface area contributed by atoms with Gasteiger partial charge in [0.25, 0.3) is 0 Å². The molecule has 0 aliphatic rings. The van der Waals surface area contributed by atoms with Crippen molar-refractivity contribution in [2.75, 3.05) is 32.5 Å². The van der Waals surface area contributed by atoms with Gasteiger partial charge in [-0.3, -0.25) is 10.4 Å². The van der Waals surface area contributed by atoms with E-state index in [0.29, 0.717) is 0 Å². The van der Waals surface area contributed by atoms with Crippen molar-refractivity contribution in [3.05, 3.63) is 199 Å². The van der Waals surface area contributed by atoms with Gasteiger partial charge in [-0.15, -0.1) is 0 Å². The summed E-state index contributed by atoms with van der Waals surface area (Å²) in [6.45, 7) is 12.2. The van der Waals surface area contributed by atoms with Crippen LogP contribution in [0.2, 0.25) is 0 Å². The summed E-state index contributed by atoms with van der Waals surface area (Å²) in [4.78, 5) is 2.45. The number of nitrogens with zero attached hydrogens (tertiary/aromatic N) is 2. The molecule has 0 amide bonds. The molecule has 0 saturated heterocycles. The van der Waals surface area contributed by atoms with E-state index in [1.807, 2.05) is 0 Å². The average molecular weight is 856 g/mol. The van der Waals surface area contributed by atoms with E-state index >= 15 is 0 Å². The normalized spacial score (nSPS) is 11.2. The Morgan fingerprint density at radius 2 is 1.00 bits per heavy atom. The number of para-hydroxylation sites is 3. The molecule has 5 heteroatoms. The van der Waals surface area contributed by atoms with E-state index in [0.717, 1.165) is 92.1 Å². The lowest BCUT2D eigenvalue weighted by Gasteiger charge is -2.37. The van der Waals surface area contributed by atoms with Gasteiger partial charge < -0.3 is 15.5 Å². The number of anilines is 9. The van der Waals surface area contributed by atoms with E-state index in [1.165, 1.54) is 55.0 Å². The van der Waals surface area contributed by atoms with E-state index in [4.69, 9.17) is 0 Å². The molecule has 0 aliphatic carbocycles. The van der Waals surface area contributed by atoms with E-state index in [1.54, 1.807) is 0 Å². The minimum absolute atomic E-state index is 0.774. The largest absolute Gasteiger partial charge is 0.383 e. The lowest BCUT2D eigenvalue weighted by atomic mass is 9.92. The Morgan fingerprint density at radius 1 is 0.462 bits per heavy atom. The molecule has 0 aromatic heterocycles. The smallest absolute Gasteiger partial charge is 0.0923 e. The van der Waals surface area contributed by atoms with Gasteiger partial charge >= 0.3 is 0 Å². The molecule has 0 spiro atoms. The zero-order chi connectivity index (χ0) is 45.0. The molecule has 330 valence electrons. The summed E-state index contributed by atoms with van der Waals surface area (Å²) in [6.07, 6.45) is 8.77. The average Bonchev–Trinajstić information content (AvgIpc) is 3.34. The number of nitrogens with one attached hydrogen (secondary N) is 3. The fourth-order valence-corrected chi connectivity index (χ4v) is 9.02. The first-order chi connectivity index (χ1) is 31.9. The maximum absolute atomic E-state index is 4.18. The van der Waals surface area contributed by atoms with Crippen LogP contribution in [0.4, 0.5) is 51.2 Å². The van der Waals surface area contributed by atoms with Crippen LogP contribution in [0.1, 0.15) is 75.5 Å². The standard InChI is InChI=1S/C60H65N5/c1-44(2)28-14-8-6-7-9-25-43-61-57-47(5)59(65(52-38-21-13-22-39-52)63-54-41-26-29-45(3)46(54)4)58(62-55-42-27-33-48-30-23-24-40-53(48)55)56(49-31-15-10-16-32-49)60(57)64(50-34-17-11-18-35-50)51-36-19-12-20-37-51/h10-13,15-24,26-27,29-42,44,61-63H,6-9,14,25,28,43H2,1-5H3. The van der Waals surface area contributed by atoms with Crippen molar-refractivity contribution in [3.63, 3.8) is 0 Å². The number of aryl methyl sites for hydroxylation is 1. The highest BCUT2D eigenvalue weighted by Gasteiger charge is 2.32. The molecule has 8 aromatic rings. The van der Waals surface area contributed by atoms with Crippen molar-refractivity contribution < 1.29 is 0 Å². The second-order valence-electron chi connectivity index (χ2n) is 17.7. The van der Waals surface area contributed by atoms with E-state index in [2.05, 4.69) is 243 Å². The lowest BCUT2D eigenvalue weighted by molar-refractivity contribution is 0.513. The molecule has 65 heavy (non-hydrogen) atoms. The van der Waals surface area contributed by atoms with Gasteiger partial charge in [-0.2, -0.15) is 0 Å². The molecule has 0 bridgehead atoms. The number of rotatable bonds is 20. The summed E-state index contributed by atoms with van der Waals surface area (Å²) in [5, 5.41) is 13.0. The van der Waals surface area contributed by atoms with Gasteiger partial charge in [0.15, 0.2) is 0 Å². The van der Waals surface area contributed by atoms with Crippen LogP contribution in [-0.2, 0) is 0 Å². The number of benzene rings is 8. The minimum atomic E-state index is 0.774. The van der Waals surface area contributed by atoms with Crippen LogP contribution in [0.15, 0.2) is 182 Å². The molecule has 0 unspecified atom stereocenters. The first-order valence-corrected chi connectivity index (χ1v) is 23.7. The van der Waals surface area contributed by atoms with Crippen molar-refractivity contribution in [3.8, 4) is 11.1 Å². The van der Waals surface area contributed by atoms with Crippen LogP contribution >= 0.6 is 0 Å². The van der Waals surface area contributed by atoms with E-state index < -0.39 is 0 Å². The third kappa shape index (κ3) is 10.5. The van der Waals surface area contributed by atoms with Gasteiger partial charge in [-0.1, -0.05) is 186 Å². The zero-order valence-corrected chi connectivity index (χ0v) is 38.9. The Hall–Kier alpha value is -6.98. The second-order valence-corrected chi connectivity index (χ2v) is 17.7. The monoisotopic (exact) mass is 856 g/mol. The molecular weight excluding hydrogens is 791 g/mol. The Kier molecular flexibility index (Phi) is 14.8. The summed E-state index contributed by atoms with van der Waals surface area (Å²) >= 11 is 0. The molecule has 0 heterocycles. The number of hydrazine groups is 1. The third-order valence-electron chi connectivity index (χ3n) is 12.6. The quantitative estimate of drug-likeness (QED) is 0.0526.